The number of ether oxygens (including phenoxy) is 1. The zero-order valence-electron chi connectivity index (χ0n) is 19.7. The number of halogens is 1. The van der Waals surface area contributed by atoms with Crippen LogP contribution in [0, 0.1) is 26.6 Å². The first-order valence-electron chi connectivity index (χ1n) is 10.3. The third kappa shape index (κ3) is 6.97. The molecule has 0 saturated heterocycles. The van der Waals surface area contributed by atoms with E-state index in [0.717, 1.165) is 22.8 Å². The highest BCUT2D eigenvalue weighted by molar-refractivity contribution is 5.98. The third-order valence-electron chi connectivity index (χ3n) is 4.32. The van der Waals surface area contributed by atoms with Gasteiger partial charge in [-0.15, -0.1) is 0 Å². The van der Waals surface area contributed by atoms with E-state index in [9.17, 15) is 14.0 Å². The molecule has 0 radical (unpaired) electrons. The molecule has 0 aromatic heterocycles. The van der Waals surface area contributed by atoms with Gasteiger partial charge in [0.25, 0.3) is 5.91 Å². The number of primary amides is 1. The second-order valence-corrected chi connectivity index (χ2v) is 7.13. The second kappa shape index (κ2) is 12.3. The summed E-state index contributed by atoms with van der Waals surface area (Å²) in [6.45, 7) is 9.56. The summed E-state index contributed by atoms with van der Waals surface area (Å²) < 4.78 is 20.3. The number of carbonyl (C=O) groups excluding carboxylic acids is 2. The maximum atomic E-state index is 14.4. The number of carbonyl (C=O) groups is 2. The lowest BCUT2D eigenvalue weighted by molar-refractivity contribution is -0.114. The number of amides is 1. The highest BCUT2D eigenvalue weighted by atomic mass is 19.1. The fraction of sp³-hybridized carbons (Fsp3) is 0.280. The number of benzene rings is 2. The fourth-order valence-corrected chi connectivity index (χ4v) is 2.86. The van der Waals surface area contributed by atoms with Crippen molar-refractivity contribution >= 4 is 17.9 Å². The monoisotopic (exact) mass is 441 g/mol. The Hall–Kier alpha value is -3.61. The Bertz CT molecular complexity index is 1030. The maximum absolute atomic E-state index is 14.4. The first-order chi connectivity index (χ1) is 15.1. The van der Waals surface area contributed by atoms with E-state index in [-0.39, 0.29) is 22.8 Å². The van der Waals surface area contributed by atoms with Crippen molar-refractivity contribution in [2.24, 2.45) is 5.73 Å². The molecule has 0 unspecified atom stereocenters. The van der Waals surface area contributed by atoms with Gasteiger partial charge in [0.05, 0.1) is 5.69 Å². The molecule has 0 aliphatic heterocycles. The minimum absolute atomic E-state index is 0.0480. The summed E-state index contributed by atoms with van der Waals surface area (Å²) in [7, 11) is 3.32. The standard InChI is InChI=1S/C23H26FN3O3.C2H6/c1-14-7-9-19(16(3)12-14)30-20(10-11-28)21(22(25)29)23(27(4)5)26-18-8-6-15(2)13-17(18)24;1-2/h6-13,26H,1-5H3,(H2,25,29);1-2H3/b20-10+,23-21+;. The lowest BCUT2D eigenvalue weighted by Gasteiger charge is -2.24. The molecule has 6 nitrogen and oxygen atoms in total. The van der Waals surface area contributed by atoms with E-state index in [1.807, 2.05) is 39.8 Å². The average molecular weight is 442 g/mol. The Morgan fingerprint density at radius 3 is 2.16 bits per heavy atom. The van der Waals surface area contributed by atoms with Crippen molar-refractivity contribution in [1.29, 1.82) is 0 Å². The zero-order valence-corrected chi connectivity index (χ0v) is 19.7. The SMILES string of the molecule is CC.Cc1ccc(OC(=C/C=O)/C(C(N)=O)=C(/Nc2ccc(C)cc2F)N(C)C)c(C)c1. The van der Waals surface area contributed by atoms with Gasteiger partial charge in [-0.25, -0.2) is 4.39 Å². The van der Waals surface area contributed by atoms with Gasteiger partial charge in [-0.2, -0.15) is 0 Å². The first kappa shape index (κ1) is 26.4. The van der Waals surface area contributed by atoms with Gasteiger partial charge in [0.1, 0.15) is 35.0 Å². The van der Waals surface area contributed by atoms with E-state index >= 15 is 0 Å². The van der Waals surface area contributed by atoms with Crippen molar-refractivity contribution in [2.45, 2.75) is 34.6 Å². The lowest BCUT2D eigenvalue weighted by atomic mass is 10.1. The van der Waals surface area contributed by atoms with Gasteiger partial charge in [0.2, 0.25) is 0 Å². The predicted octanol–water partition coefficient (Wildman–Crippen LogP) is 4.61. The molecule has 0 saturated carbocycles. The van der Waals surface area contributed by atoms with Gasteiger partial charge in [0.15, 0.2) is 0 Å². The van der Waals surface area contributed by atoms with Crippen molar-refractivity contribution in [1.82, 2.24) is 4.90 Å². The number of nitrogens with one attached hydrogen (secondary N) is 1. The molecule has 32 heavy (non-hydrogen) atoms. The molecule has 0 heterocycles. The molecule has 0 aliphatic carbocycles. The number of rotatable bonds is 8. The number of anilines is 1. The number of hydrogen-bond acceptors (Lipinski definition) is 5. The summed E-state index contributed by atoms with van der Waals surface area (Å²) in [6.07, 6.45) is 1.61. The van der Waals surface area contributed by atoms with E-state index in [1.165, 1.54) is 6.07 Å². The Morgan fingerprint density at radius 2 is 1.66 bits per heavy atom. The molecule has 0 atom stereocenters. The van der Waals surface area contributed by atoms with E-state index in [1.54, 1.807) is 44.1 Å². The number of aryl methyl sites for hydroxylation is 3. The van der Waals surface area contributed by atoms with Crippen molar-refractivity contribution in [3.8, 4) is 5.75 Å². The average Bonchev–Trinajstić information content (AvgIpc) is 2.72. The van der Waals surface area contributed by atoms with Gasteiger partial charge >= 0.3 is 0 Å². The minimum atomic E-state index is -0.836. The van der Waals surface area contributed by atoms with Crippen LogP contribution < -0.4 is 15.8 Å². The van der Waals surface area contributed by atoms with Crippen molar-refractivity contribution in [2.75, 3.05) is 19.4 Å². The maximum Gasteiger partial charge on any atom is 0.256 e. The van der Waals surface area contributed by atoms with Gasteiger partial charge in [0, 0.05) is 20.2 Å². The van der Waals surface area contributed by atoms with Crippen LogP contribution in [0.2, 0.25) is 0 Å². The summed E-state index contributed by atoms with van der Waals surface area (Å²) in [5, 5.41) is 2.90. The molecule has 1 amide bonds. The van der Waals surface area contributed by atoms with E-state index in [2.05, 4.69) is 5.32 Å². The van der Waals surface area contributed by atoms with Crippen molar-refractivity contribution in [3.05, 3.63) is 82.1 Å². The predicted molar refractivity (Wildman–Crippen MR) is 127 cm³/mol. The van der Waals surface area contributed by atoms with Crippen LogP contribution >= 0.6 is 0 Å². The van der Waals surface area contributed by atoms with Crippen molar-refractivity contribution < 1.29 is 18.7 Å². The van der Waals surface area contributed by atoms with E-state index in [0.29, 0.717) is 12.0 Å². The number of allylic oxidation sites excluding steroid dienone is 1. The molecule has 0 spiro atoms. The van der Waals surface area contributed by atoms with Crippen LogP contribution in [0.3, 0.4) is 0 Å². The molecule has 0 fully saturated rings. The van der Waals surface area contributed by atoms with Crippen LogP contribution in [0.25, 0.3) is 0 Å². The Kier molecular flexibility index (Phi) is 10.2. The topological polar surface area (TPSA) is 84.7 Å². The number of hydrogen-bond donors (Lipinski definition) is 2. The molecule has 2 rings (SSSR count). The van der Waals surface area contributed by atoms with Gasteiger partial charge in [-0.1, -0.05) is 37.6 Å². The van der Waals surface area contributed by atoms with Crippen LogP contribution in [-0.4, -0.2) is 31.2 Å². The number of nitrogens with two attached hydrogens (primary N) is 1. The molecular weight excluding hydrogens is 409 g/mol. The second-order valence-electron chi connectivity index (χ2n) is 7.13. The Labute approximate surface area is 189 Å². The van der Waals surface area contributed by atoms with E-state index in [4.69, 9.17) is 10.5 Å². The summed E-state index contributed by atoms with van der Waals surface area (Å²) in [5.41, 5.74) is 8.32. The largest absolute Gasteiger partial charge is 0.456 e. The normalized spacial score (nSPS) is 11.6. The summed E-state index contributed by atoms with van der Waals surface area (Å²) in [4.78, 5) is 25.2. The molecule has 172 valence electrons. The van der Waals surface area contributed by atoms with Crippen LogP contribution in [0.5, 0.6) is 5.75 Å². The highest BCUT2D eigenvalue weighted by Crippen LogP contribution is 2.27. The molecule has 2 aromatic carbocycles. The first-order valence-corrected chi connectivity index (χ1v) is 10.3. The lowest BCUT2D eigenvalue weighted by Crippen LogP contribution is -2.29. The molecule has 0 aliphatic rings. The highest BCUT2D eigenvalue weighted by Gasteiger charge is 2.23. The van der Waals surface area contributed by atoms with E-state index < -0.39 is 11.7 Å². The number of aldehydes is 1. The van der Waals surface area contributed by atoms with Gasteiger partial charge in [-0.05, 0) is 50.1 Å². The number of nitrogens with zero attached hydrogens (tertiary/aromatic N) is 1. The van der Waals surface area contributed by atoms with Crippen molar-refractivity contribution in [3.63, 3.8) is 0 Å². The van der Waals surface area contributed by atoms with Crippen LogP contribution in [0.15, 0.2) is 59.6 Å². The molecule has 2 aromatic rings. The molecule has 7 heteroatoms. The Morgan fingerprint density at radius 1 is 1.06 bits per heavy atom. The molecule has 3 N–H and O–H groups in total. The van der Waals surface area contributed by atoms with Gasteiger partial charge < -0.3 is 20.7 Å². The summed E-state index contributed by atoms with van der Waals surface area (Å²) >= 11 is 0. The van der Waals surface area contributed by atoms with Crippen LogP contribution in [0.4, 0.5) is 10.1 Å². The third-order valence-corrected chi connectivity index (χ3v) is 4.32. The quantitative estimate of drug-likeness (QED) is 0.270. The fourth-order valence-electron chi connectivity index (χ4n) is 2.86. The summed E-state index contributed by atoms with van der Waals surface area (Å²) in [6, 6.07) is 10.2. The van der Waals surface area contributed by atoms with Crippen LogP contribution in [-0.2, 0) is 9.59 Å². The molecule has 0 bridgehead atoms. The molecular formula is C25H32FN3O3. The summed E-state index contributed by atoms with van der Waals surface area (Å²) in [5.74, 6) is -0.727. The minimum Gasteiger partial charge on any atom is -0.456 e. The van der Waals surface area contributed by atoms with Gasteiger partial charge in [-0.3, -0.25) is 9.59 Å². The van der Waals surface area contributed by atoms with Crippen LogP contribution in [0.1, 0.15) is 30.5 Å². The zero-order chi connectivity index (χ0) is 24.4. The smallest absolute Gasteiger partial charge is 0.256 e. The Balaban J connectivity index is 0.00000249.